The Morgan fingerprint density at radius 1 is 1.33 bits per heavy atom. The second-order valence-electron chi connectivity index (χ2n) is 6.63. The Morgan fingerprint density at radius 2 is 2.14 bits per heavy atom. The highest BCUT2D eigenvalue weighted by atomic mass is 32.2. The molecule has 112 valence electrons. The molecule has 3 rings (SSSR count). The quantitative estimate of drug-likeness (QED) is 0.899. The maximum Gasteiger partial charge on any atom is 0.0535 e. The van der Waals surface area contributed by atoms with Crippen LogP contribution in [0.25, 0.3) is 0 Å². The lowest BCUT2D eigenvalue weighted by Crippen LogP contribution is -2.25. The number of hydrogen-bond donors (Lipinski definition) is 2. The van der Waals surface area contributed by atoms with E-state index in [4.69, 9.17) is 0 Å². The van der Waals surface area contributed by atoms with Crippen molar-refractivity contribution in [1.29, 1.82) is 0 Å². The number of aromatic nitrogens is 2. The van der Waals surface area contributed by atoms with Crippen LogP contribution >= 0.6 is 11.8 Å². The standard InChI is InChI=1S/C17H23N3S/c1-17(2,3)16-12(11-19-20-16)10-18-14-8-9-21-15-7-5-4-6-13(14)15/h4-7,11,14,18H,8-10H2,1-3H3,(H,19,20). The summed E-state index contributed by atoms with van der Waals surface area (Å²) in [6.45, 7) is 7.52. The van der Waals surface area contributed by atoms with Gasteiger partial charge in [-0.3, -0.25) is 5.10 Å². The van der Waals surface area contributed by atoms with Crippen molar-refractivity contribution in [3.05, 3.63) is 47.3 Å². The van der Waals surface area contributed by atoms with Gasteiger partial charge in [0.15, 0.2) is 0 Å². The predicted molar refractivity (Wildman–Crippen MR) is 88.7 cm³/mol. The Labute approximate surface area is 130 Å². The van der Waals surface area contributed by atoms with Crippen molar-refractivity contribution in [2.75, 3.05) is 5.75 Å². The maximum absolute atomic E-state index is 4.23. The van der Waals surface area contributed by atoms with Crippen LogP contribution in [0.2, 0.25) is 0 Å². The zero-order chi connectivity index (χ0) is 14.9. The smallest absolute Gasteiger partial charge is 0.0535 e. The molecule has 0 amide bonds. The van der Waals surface area contributed by atoms with E-state index in [0.29, 0.717) is 6.04 Å². The number of benzene rings is 1. The van der Waals surface area contributed by atoms with Gasteiger partial charge in [0, 0.05) is 34.2 Å². The summed E-state index contributed by atoms with van der Waals surface area (Å²) >= 11 is 1.96. The van der Waals surface area contributed by atoms with Crippen molar-refractivity contribution in [3.8, 4) is 0 Å². The first-order valence-electron chi connectivity index (χ1n) is 7.53. The van der Waals surface area contributed by atoms with Gasteiger partial charge in [-0.2, -0.15) is 5.10 Å². The first-order chi connectivity index (χ1) is 10.1. The first-order valence-corrected chi connectivity index (χ1v) is 8.52. The Hall–Kier alpha value is -1.26. The minimum Gasteiger partial charge on any atom is -0.306 e. The lowest BCUT2D eigenvalue weighted by molar-refractivity contribution is 0.498. The summed E-state index contributed by atoms with van der Waals surface area (Å²) in [4.78, 5) is 1.42. The Bertz CT molecular complexity index is 612. The third kappa shape index (κ3) is 3.16. The average molecular weight is 301 g/mol. The Morgan fingerprint density at radius 3 is 2.95 bits per heavy atom. The highest BCUT2D eigenvalue weighted by molar-refractivity contribution is 7.99. The third-order valence-electron chi connectivity index (χ3n) is 3.97. The molecule has 1 unspecified atom stereocenters. The highest BCUT2D eigenvalue weighted by Gasteiger charge is 2.23. The van der Waals surface area contributed by atoms with Crippen molar-refractivity contribution in [2.24, 2.45) is 0 Å². The van der Waals surface area contributed by atoms with E-state index < -0.39 is 0 Å². The summed E-state index contributed by atoms with van der Waals surface area (Å²) in [6.07, 6.45) is 3.14. The molecule has 0 saturated carbocycles. The van der Waals surface area contributed by atoms with E-state index in [0.717, 1.165) is 6.54 Å². The van der Waals surface area contributed by atoms with Crippen LogP contribution in [0.3, 0.4) is 0 Å². The van der Waals surface area contributed by atoms with E-state index in [9.17, 15) is 0 Å². The molecule has 0 spiro atoms. The summed E-state index contributed by atoms with van der Waals surface area (Å²) in [6, 6.07) is 9.19. The summed E-state index contributed by atoms with van der Waals surface area (Å²) in [7, 11) is 0. The number of thioether (sulfide) groups is 1. The van der Waals surface area contributed by atoms with Gasteiger partial charge in [-0.05, 0) is 23.8 Å². The van der Waals surface area contributed by atoms with Crippen LogP contribution in [0.4, 0.5) is 0 Å². The summed E-state index contributed by atoms with van der Waals surface area (Å²) < 4.78 is 0. The van der Waals surface area contributed by atoms with Crippen LogP contribution in [0.15, 0.2) is 35.4 Å². The Kier molecular flexibility index (Phi) is 4.09. The molecular formula is C17H23N3S. The van der Waals surface area contributed by atoms with Gasteiger partial charge in [0.1, 0.15) is 0 Å². The van der Waals surface area contributed by atoms with E-state index in [-0.39, 0.29) is 5.41 Å². The fraction of sp³-hybridized carbons (Fsp3) is 0.471. The molecule has 3 nitrogen and oxygen atoms in total. The molecule has 4 heteroatoms. The van der Waals surface area contributed by atoms with E-state index in [1.165, 1.54) is 33.9 Å². The van der Waals surface area contributed by atoms with Gasteiger partial charge < -0.3 is 5.32 Å². The van der Waals surface area contributed by atoms with Crippen molar-refractivity contribution >= 4 is 11.8 Å². The molecule has 0 aliphatic carbocycles. The predicted octanol–water partition coefficient (Wildman–Crippen LogP) is 4.03. The minimum atomic E-state index is 0.105. The highest BCUT2D eigenvalue weighted by Crippen LogP contribution is 2.36. The number of aromatic amines is 1. The van der Waals surface area contributed by atoms with E-state index in [1.807, 2.05) is 18.0 Å². The fourth-order valence-corrected chi connectivity index (χ4v) is 4.01. The van der Waals surface area contributed by atoms with E-state index in [1.54, 1.807) is 0 Å². The van der Waals surface area contributed by atoms with E-state index >= 15 is 0 Å². The van der Waals surface area contributed by atoms with Crippen LogP contribution in [-0.4, -0.2) is 16.0 Å². The van der Waals surface area contributed by atoms with Crippen molar-refractivity contribution < 1.29 is 0 Å². The van der Waals surface area contributed by atoms with Gasteiger partial charge in [0.2, 0.25) is 0 Å². The molecule has 0 bridgehead atoms. The molecule has 0 radical (unpaired) electrons. The number of H-pyrrole nitrogens is 1. The second kappa shape index (κ2) is 5.85. The molecule has 1 aliphatic heterocycles. The maximum atomic E-state index is 4.23. The molecule has 0 saturated heterocycles. The zero-order valence-corrected chi connectivity index (χ0v) is 13.8. The molecule has 2 aromatic rings. The molecule has 1 aliphatic rings. The number of hydrogen-bond acceptors (Lipinski definition) is 3. The summed E-state index contributed by atoms with van der Waals surface area (Å²) in [5.74, 6) is 1.19. The SMILES string of the molecule is CC(C)(C)c1[nH]ncc1CNC1CCSc2ccccc21. The molecule has 1 aromatic heterocycles. The van der Waals surface area contributed by atoms with E-state index in [2.05, 4.69) is 60.6 Å². The van der Waals surface area contributed by atoms with Crippen molar-refractivity contribution in [1.82, 2.24) is 15.5 Å². The third-order valence-corrected chi connectivity index (χ3v) is 5.09. The van der Waals surface area contributed by atoms with Crippen LogP contribution in [-0.2, 0) is 12.0 Å². The molecule has 1 aromatic carbocycles. The van der Waals surface area contributed by atoms with Gasteiger partial charge >= 0.3 is 0 Å². The number of fused-ring (bicyclic) bond motifs is 1. The van der Waals surface area contributed by atoms with Crippen molar-refractivity contribution in [2.45, 2.75) is 50.1 Å². The lowest BCUT2D eigenvalue weighted by atomic mass is 9.89. The summed E-state index contributed by atoms with van der Waals surface area (Å²) in [5.41, 5.74) is 4.05. The topological polar surface area (TPSA) is 40.7 Å². The van der Waals surface area contributed by atoms with Crippen molar-refractivity contribution in [3.63, 3.8) is 0 Å². The van der Waals surface area contributed by atoms with Gasteiger partial charge in [0.25, 0.3) is 0 Å². The Balaban J connectivity index is 1.74. The number of rotatable bonds is 3. The monoisotopic (exact) mass is 301 g/mol. The molecule has 2 N–H and O–H groups in total. The number of nitrogens with zero attached hydrogens (tertiary/aromatic N) is 1. The molecule has 1 atom stereocenters. The van der Waals surface area contributed by atoms with Gasteiger partial charge in [-0.25, -0.2) is 0 Å². The summed E-state index contributed by atoms with van der Waals surface area (Å²) in [5, 5.41) is 11.1. The number of nitrogens with one attached hydrogen (secondary N) is 2. The molecular weight excluding hydrogens is 278 g/mol. The van der Waals surface area contributed by atoms with Gasteiger partial charge in [-0.15, -0.1) is 11.8 Å². The van der Waals surface area contributed by atoms with Crippen LogP contribution in [0, 0.1) is 0 Å². The molecule has 2 heterocycles. The molecule has 21 heavy (non-hydrogen) atoms. The normalized spacial score (nSPS) is 18.5. The van der Waals surface area contributed by atoms with Crippen LogP contribution in [0.5, 0.6) is 0 Å². The molecule has 0 fully saturated rings. The fourth-order valence-electron chi connectivity index (χ4n) is 2.88. The lowest BCUT2D eigenvalue weighted by Gasteiger charge is -2.26. The second-order valence-corrected chi connectivity index (χ2v) is 7.77. The zero-order valence-electron chi connectivity index (χ0n) is 12.9. The van der Waals surface area contributed by atoms with Crippen LogP contribution in [0.1, 0.15) is 50.1 Å². The van der Waals surface area contributed by atoms with Gasteiger partial charge in [0.05, 0.1) is 6.20 Å². The largest absolute Gasteiger partial charge is 0.306 e. The minimum absolute atomic E-state index is 0.105. The van der Waals surface area contributed by atoms with Crippen LogP contribution < -0.4 is 5.32 Å². The van der Waals surface area contributed by atoms with Gasteiger partial charge in [-0.1, -0.05) is 39.0 Å². The first kappa shape index (κ1) is 14.7. The average Bonchev–Trinajstić information content (AvgIpc) is 2.93.